The van der Waals surface area contributed by atoms with Crippen molar-refractivity contribution in [2.24, 2.45) is 5.92 Å². The Bertz CT molecular complexity index is 935. The van der Waals surface area contributed by atoms with E-state index < -0.39 is 0 Å². The number of piperidine rings is 1. The molecule has 0 radical (unpaired) electrons. The van der Waals surface area contributed by atoms with E-state index in [4.69, 9.17) is 4.98 Å². The zero-order chi connectivity index (χ0) is 21.1. The van der Waals surface area contributed by atoms with E-state index >= 15 is 0 Å². The lowest BCUT2D eigenvalue weighted by Gasteiger charge is -2.33. The minimum atomic E-state index is -0.266. The molecule has 2 heterocycles. The molecule has 1 atom stereocenters. The van der Waals surface area contributed by atoms with Crippen LogP contribution in [0, 0.1) is 11.7 Å². The number of carbonyl (C=O) groups is 1. The SMILES string of the molecule is CN(C)c1ncc(-c2ccccc2F)c(C2CCN(C(=O)C[C@H]3C=CCC3)CC2)n1. The summed E-state index contributed by atoms with van der Waals surface area (Å²) in [4.78, 5) is 25.8. The maximum Gasteiger partial charge on any atom is 0.225 e. The molecule has 0 unspecified atom stereocenters. The van der Waals surface area contributed by atoms with E-state index in [0.29, 0.717) is 23.9 Å². The number of hydrogen-bond donors (Lipinski definition) is 0. The Morgan fingerprint density at radius 3 is 2.60 bits per heavy atom. The van der Waals surface area contributed by atoms with Crippen LogP contribution in [0.25, 0.3) is 11.1 Å². The van der Waals surface area contributed by atoms with Crippen molar-refractivity contribution in [3.05, 3.63) is 54.1 Å². The Balaban J connectivity index is 1.53. The number of likely N-dealkylation sites (tertiary alicyclic amines) is 1. The molecule has 1 aromatic heterocycles. The summed E-state index contributed by atoms with van der Waals surface area (Å²) in [6.07, 6.45) is 10.5. The van der Waals surface area contributed by atoms with Gasteiger partial charge >= 0.3 is 0 Å². The highest BCUT2D eigenvalue weighted by Crippen LogP contribution is 2.36. The third-order valence-electron chi connectivity index (χ3n) is 6.15. The smallest absolute Gasteiger partial charge is 0.225 e. The minimum absolute atomic E-state index is 0.178. The molecule has 2 aliphatic rings. The standard InChI is InChI=1S/C24H29FN4O/c1-28(2)24-26-16-20(19-9-5-6-10-21(19)25)23(27-24)18-11-13-29(14-12-18)22(30)15-17-7-3-4-8-17/h3,5-7,9-10,16-18H,4,8,11-15H2,1-2H3/t17-/m0/s1. The van der Waals surface area contributed by atoms with Gasteiger partial charge in [0.2, 0.25) is 11.9 Å². The van der Waals surface area contributed by atoms with Crippen molar-refractivity contribution in [1.29, 1.82) is 0 Å². The topological polar surface area (TPSA) is 49.3 Å². The van der Waals surface area contributed by atoms with Gasteiger partial charge in [0.05, 0.1) is 5.69 Å². The molecule has 4 rings (SSSR count). The summed E-state index contributed by atoms with van der Waals surface area (Å²) in [6, 6.07) is 6.77. The van der Waals surface area contributed by atoms with Gasteiger partial charge in [0.25, 0.3) is 0 Å². The van der Waals surface area contributed by atoms with Crippen LogP contribution >= 0.6 is 0 Å². The van der Waals surface area contributed by atoms with E-state index in [1.807, 2.05) is 30.0 Å². The molecule has 2 aromatic rings. The molecule has 1 amide bonds. The molecule has 158 valence electrons. The lowest BCUT2D eigenvalue weighted by atomic mass is 9.88. The number of aromatic nitrogens is 2. The molecule has 1 aliphatic carbocycles. The van der Waals surface area contributed by atoms with Gasteiger partial charge in [0.15, 0.2) is 0 Å². The Hall–Kier alpha value is -2.76. The van der Waals surface area contributed by atoms with Crippen LogP contribution in [0.5, 0.6) is 0 Å². The Labute approximate surface area is 177 Å². The van der Waals surface area contributed by atoms with E-state index in [-0.39, 0.29) is 17.6 Å². The third kappa shape index (κ3) is 4.37. The first-order valence-corrected chi connectivity index (χ1v) is 10.8. The first kappa shape index (κ1) is 20.5. The molecule has 1 aromatic carbocycles. The molecule has 0 saturated carbocycles. The second-order valence-electron chi connectivity index (χ2n) is 8.47. The van der Waals surface area contributed by atoms with Crippen LogP contribution < -0.4 is 4.90 Å². The van der Waals surface area contributed by atoms with Crippen LogP contribution in [-0.4, -0.2) is 48.0 Å². The van der Waals surface area contributed by atoms with Gasteiger partial charge in [0, 0.05) is 56.8 Å². The summed E-state index contributed by atoms with van der Waals surface area (Å²) in [6.45, 7) is 1.44. The fourth-order valence-electron chi connectivity index (χ4n) is 4.42. The van der Waals surface area contributed by atoms with E-state index in [1.165, 1.54) is 6.07 Å². The van der Waals surface area contributed by atoms with Gasteiger partial charge in [-0.1, -0.05) is 30.4 Å². The third-order valence-corrected chi connectivity index (χ3v) is 6.15. The summed E-state index contributed by atoms with van der Waals surface area (Å²) < 4.78 is 14.5. The Kier molecular flexibility index (Phi) is 6.11. The molecular weight excluding hydrogens is 379 g/mol. The normalized spacial score (nSPS) is 19.3. The summed E-state index contributed by atoms with van der Waals surface area (Å²) >= 11 is 0. The number of amides is 1. The van der Waals surface area contributed by atoms with Crippen molar-refractivity contribution in [3.63, 3.8) is 0 Å². The summed E-state index contributed by atoms with van der Waals surface area (Å²) in [7, 11) is 3.81. The van der Waals surface area contributed by atoms with Crippen LogP contribution in [0.3, 0.4) is 0 Å². The van der Waals surface area contributed by atoms with E-state index in [0.717, 1.165) is 50.0 Å². The van der Waals surface area contributed by atoms with Crippen LogP contribution in [-0.2, 0) is 4.79 Å². The Morgan fingerprint density at radius 2 is 1.93 bits per heavy atom. The van der Waals surface area contributed by atoms with Crippen molar-refractivity contribution in [1.82, 2.24) is 14.9 Å². The number of halogens is 1. The highest BCUT2D eigenvalue weighted by Gasteiger charge is 2.28. The zero-order valence-electron chi connectivity index (χ0n) is 17.7. The lowest BCUT2D eigenvalue weighted by molar-refractivity contribution is -0.132. The first-order chi connectivity index (χ1) is 14.5. The number of nitrogens with zero attached hydrogens (tertiary/aromatic N) is 4. The predicted octanol–water partition coefficient (Wildman–Crippen LogP) is 4.41. The number of allylic oxidation sites excluding steroid dienone is 2. The van der Waals surface area contributed by atoms with Crippen molar-refractivity contribution in [2.75, 3.05) is 32.1 Å². The molecule has 1 aliphatic heterocycles. The predicted molar refractivity (Wildman–Crippen MR) is 117 cm³/mol. The van der Waals surface area contributed by atoms with E-state index in [9.17, 15) is 9.18 Å². The maximum atomic E-state index is 14.5. The Morgan fingerprint density at radius 1 is 1.17 bits per heavy atom. The highest BCUT2D eigenvalue weighted by molar-refractivity contribution is 5.77. The van der Waals surface area contributed by atoms with Gasteiger partial charge in [0.1, 0.15) is 5.82 Å². The second-order valence-corrected chi connectivity index (χ2v) is 8.47. The summed E-state index contributed by atoms with van der Waals surface area (Å²) in [5.74, 6) is 1.17. The molecule has 0 N–H and O–H groups in total. The molecule has 0 spiro atoms. The molecule has 5 nitrogen and oxygen atoms in total. The largest absolute Gasteiger partial charge is 0.347 e. The summed E-state index contributed by atoms with van der Waals surface area (Å²) in [5.41, 5.74) is 2.16. The summed E-state index contributed by atoms with van der Waals surface area (Å²) in [5, 5.41) is 0. The molecule has 0 bridgehead atoms. The molecule has 1 saturated heterocycles. The lowest BCUT2D eigenvalue weighted by Crippen LogP contribution is -2.38. The van der Waals surface area contributed by atoms with Gasteiger partial charge < -0.3 is 9.80 Å². The quantitative estimate of drug-likeness (QED) is 0.688. The molecule has 1 fully saturated rings. The van der Waals surface area contributed by atoms with Gasteiger partial charge in [-0.15, -0.1) is 0 Å². The number of rotatable bonds is 5. The van der Waals surface area contributed by atoms with E-state index in [1.54, 1.807) is 18.3 Å². The minimum Gasteiger partial charge on any atom is -0.347 e. The van der Waals surface area contributed by atoms with E-state index in [2.05, 4.69) is 17.1 Å². The van der Waals surface area contributed by atoms with Crippen molar-refractivity contribution < 1.29 is 9.18 Å². The fourth-order valence-corrected chi connectivity index (χ4v) is 4.42. The maximum absolute atomic E-state index is 14.5. The van der Waals surface area contributed by atoms with Crippen LogP contribution in [0.4, 0.5) is 10.3 Å². The fraction of sp³-hybridized carbons (Fsp3) is 0.458. The van der Waals surface area contributed by atoms with Gasteiger partial charge in [-0.25, -0.2) is 14.4 Å². The number of benzene rings is 1. The molecular formula is C24H29FN4O. The highest BCUT2D eigenvalue weighted by atomic mass is 19.1. The van der Waals surface area contributed by atoms with Crippen LogP contribution in [0.2, 0.25) is 0 Å². The van der Waals surface area contributed by atoms with Crippen molar-refractivity contribution in [2.45, 2.75) is 38.0 Å². The van der Waals surface area contributed by atoms with Gasteiger partial charge in [-0.3, -0.25) is 4.79 Å². The van der Waals surface area contributed by atoms with Crippen molar-refractivity contribution in [3.8, 4) is 11.1 Å². The number of anilines is 1. The zero-order valence-corrected chi connectivity index (χ0v) is 17.7. The molecule has 30 heavy (non-hydrogen) atoms. The number of hydrogen-bond acceptors (Lipinski definition) is 4. The number of carbonyl (C=O) groups excluding carboxylic acids is 1. The van der Waals surface area contributed by atoms with Crippen molar-refractivity contribution >= 4 is 11.9 Å². The van der Waals surface area contributed by atoms with Crippen LogP contribution in [0.15, 0.2) is 42.6 Å². The first-order valence-electron chi connectivity index (χ1n) is 10.8. The van der Waals surface area contributed by atoms with Gasteiger partial charge in [-0.05, 0) is 37.7 Å². The second kappa shape index (κ2) is 8.94. The molecule has 6 heteroatoms. The average Bonchev–Trinajstić information content (AvgIpc) is 3.27. The average molecular weight is 409 g/mol. The monoisotopic (exact) mass is 408 g/mol. The van der Waals surface area contributed by atoms with Gasteiger partial charge in [-0.2, -0.15) is 0 Å². The van der Waals surface area contributed by atoms with Crippen LogP contribution in [0.1, 0.15) is 43.7 Å².